The first-order valence-electron chi connectivity index (χ1n) is 14.1. The van der Waals surface area contributed by atoms with Gasteiger partial charge in [0.05, 0.1) is 23.7 Å². The summed E-state index contributed by atoms with van der Waals surface area (Å²) in [5, 5.41) is 2.64. The Morgan fingerprint density at radius 2 is 1.50 bits per heavy atom. The van der Waals surface area contributed by atoms with E-state index in [2.05, 4.69) is 77.8 Å². The van der Waals surface area contributed by atoms with Gasteiger partial charge in [0.1, 0.15) is 0 Å². The molecule has 0 radical (unpaired) electrons. The molecule has 1 saturated heterocycles. The van der Waals surface area contributed by atoms with Crippen LogP contribution in [0.25, 0.3) is 11.3 Å². The van der Waals surface area contributed by atoms with Gasteiger partial charge in [-0.05, 0) is 59.9 Å². The fourth-order valence-corrected chi connectivity index (χ4v) is 228. The molecule has 1 aliphatic heterocycles. The number of nitrogens with one attached hydrogen (secondary N) is 1. The average Bonchev–Trinajstić information content (AvgIpc) is 3.12. The van der Waals surface area contributed by atoms with E-state index in [0.717, 1.165) is 59.9 Å². The van der Waals surface area contributed by atoms with Crippen molar-refractivity contribution in [1.29, 1.82) is 0 Å². The zero-order valence-electron chi connectivity index (χ0n) is 26.9. The Morgan fingerprint density at radius 3 is 1.96 bits per heavy atom. The number of nitrogens with zero attached hydrogens (tertiary/aromatic N) is 4. The first kappa shape index (κ1) is 51.6. The van der Waals surface area contributed by atoms with Crippen molar-refractivity contribution < 1.29 is 22.8 Å². The first-order valence-corrected chi connectivity index (χ1v) is 51.2. The summed E-state index contributed by atoms with van der Waals surface area (Å²) in [6.07, 6.45) is -0.452. The fraction of sp³-hybridized carbons (Fsp3) is 0.400. The summed E-state index contributed by atoms with van der Waals surface area (Å²) in [4.78, 5) is 35.4. The lowest BCUT2D eigenvalue weighted by Gasteiger charge is -2.40. The zero-order chi connectivity index (χ0) is 37.4. The van der Waals surface area contributed by atoms with E-state index in [1.807, 2.05) is 0 Å². The molecule has 3 amide bonds. The van der Waals surface area contributed by atoms with Crippen LogP contribution < -0.4 is 5.32 Å². The number of carbonyl (C=O) groups excluding carboxylic acids is 2. The number of hydrogen-bond acceptors (Lipinski definition) is 4. The second-order valence-corrected chi connectivity index (χ2v) is 75.3. The number of carbonyl (C=O) groups is 2. The number of aromatic nitrogens is 2. The Hall–Kier alpha value is 5.43. The van der Waals surface area contributed by atoms with E-state index in [4.69, 9.17) is 0 Å². The van der Waals surface area contributed by atoms with Gasteiger partial charge < -0.3 is 9.80 Å². The number of benzene rings is 1. The molecule has 1 aromatic carbocycles. The Morgan fingerprint density at radius 1 is 0.900 bits per heavy atom. The van der Waals surface area contributed by atoms with E-state index in [1.165, 1.54) is 47.4 Å². The normalized spacial score (nSPS) is 18.7. The molecular weight excluding hydrogens is 1020 g/mol. The number of urea groups is 1. The number of alkyl halides is 3. The first-order chi connectivity index (χ1) is 23.8. The topological polar surface area (TPSA) is 78.4 Å². The summed E-state index contributed by atoms with van der Waals surface area (Å²) in [7, 11) is 32.7. The highest BCUT2D eigenvalue weighted by atomic mass is 33.4. The number of likely N-dealkylation sites (tertiary alicyclic amines) is 1. The summed E-state index contributed by atoms with van der Waals surface area (Å²) in [6, 6.07) is 4.45. The van der Waals surface area contributed by atoms with Crippen molar-refractivity contribution in [2.75, 3.05) is 25.5 Å². The highest BCUT2D eigenvalue weighted by molar-refractivity contribution is 9.31. The highest BCUT2D eigenvalue weighted by Crippen LogP contribution is 3.25. The minimum atomic E-state index is -4.44. The van der Waals surface area contributed by atoms with Gasteiger partial charge in [-0.1, -0.05) is 75.8 Å². The van der Waals surface area contributed by atoms with Crippen LogP contribution in [0.15, 0.2) is 36.7 Å². The predicted molar refractivity (Wildman–Crippen MR) is 274 cm³/mol. The largest absolute Gasteiger partial charge is 0.416 e. The van der Waals surface area contributed by atoms with E-state index in [0.29, 0.717) is 60.9 Å². The van der Waals surface area contributed by atoms with Crippen molar-refractivity contribution >= 4 is 179 Å². The van der Waals surface area contributed by atoms with Crippen LogP contribution in [0.2, 0.25) is 0 Å². The van der Waals surface area contributed by atoms with Crippen LogP contribution in [0.5, 0.6) is 0 Å². The van der Waals surface area contributed by atoms with E-state index in [9.17, 15) is 22.8 Å². The lowest BCUT2D eigenvalue weighted by Crippen LogP contribution is -2.48. The summed E-state index contributed by atoms with van der Waals surface area (Å²) < 4.78 is 38.6. The number of piperidine rings is 1. The zero-order valence-corrected chi connectivity index (χ0v) is 47.4. The Kier molecular flexibility index (Phi) is 28.9. The average molecular weight is 1060 g/mol. The Labute approximate surface area is 330 Å². The minimum absolute atomic E-state index is 0.00191. The molecule has 0 saturated carbocycles. The maximum Gasteiger partial charge on any atom is 0.416 e. The lowest BCUT2D eigenvalue weighted by atomic mass is 10.0. The number of halogens is 3. The highest BCUT2D eigenvalue weighted by Gasteiger charge is 2.36. The molecule has 1 aliphatic rings. The fourth-order valence-electron chi connectivity index (χ4n) is 4.25. The molecule has 7 nitrogen and oxygen atoms in total. The molecule has 282 valence electrons. The van der Waals surface area contributed by atoms with Crippen molar-refractivity contribution in [2.45, 2.75) is 32.0 Å². The molecule has 2 aromatic rings. The van der Waals surface area contributed by atoms with E-state index >= 15 is 0 Å². The number of rotatable bonds is 15. The molecule has 1 aromatic heterocycles. The smallest absolute Gasteiger partial charge is 0.343 e. The number of hydrogen-bond donors (Lipinski definition) is 1. The molecule has 0 aliphatic carbocycles. The monoisotopic (exact) mass is 1060 g/mol. The third-order valence-corrected chi connectivity index (χ3v) is 136. The van der Waals surface area contributed by atoms with Gasteiger partial charge in [-0.15, -0.1) is 62.5 Å². The standard InChI is InChI=1S/C20H22F3N5O2.H22P20/c1-13(29)28-8-6-16(7-9-28)27(2)19(30)26-18-12-24-17(11-25-18)14-4-3-5-15(10-14)20(21,22)23;1-8-15-18(13-6)20(17(11-4)12-5)19(14-7)16(9-2)10-3/h3-5,10-12,16H,6-9H2,1-2H3,(H,25,26,30);8-15H,1-7H2. The molecular formula is C20H44F3N5O2P20. The van der Waals surface area contributed by atoms with E-state index in [-0.39, 0.29) is 35.1 Å². The van der Waals surface area contributed by atoms with Gasteiger partial charge >= 0.3 is 12.2 Å². The van der Waals surface area contributed by atoms with Crippen molar-refractivity contribution in [3.8, 4) is 11.3 Å². The SMILES string of the molecule is CC(=O)N1CCC(N(C)C(=O)Nc2cnc(-c3cccc(C(F)(F)F)c3)cn2)CC1.PPPP(PP)P(P(PP)PP)P(PP)P(PP)PP. The molecule has 50 heavy (non-hydrogen) atoms. The molecule has 30 heteroatoms. The summed E-state index contributed by atoms with van der Waals surface area (Å²) in [5.74, 6) is 0.223. The maximum absolute atomic E-state index is 12.9. The molecule has 3 rings (SSSR count). The van der Waals surface area contributed by atoms with Crippen molar-refractivity contribution in [3.63, 3.8) is 0 Å². The molecule has 18 atom stereocenters. The molecule has 1 N–H and O–H groups in total. The quantitative estimate of drug-likeness (QED) is 0.180. The number of anilines is 1. The van der Waals surface area contributed by atoms with Gasteiger partial charge in [-0.25, -0.2) is 9.78 Å². The maximum atomic E-state index is 12.9. The van der Waals surface area contributed by atoms with Crippen LogP contribution in [0.3, 0.4) is 0 Å². The van der Waals surface area contributed by atoms with Crippen molar-refractivity contribution in [1.82, 2.24) is 19.8 Å². The minimum Gasteiger partial charge on any atom is -0.343 e. The Bertz CT molecular complexity index is 1310. The molecule has 18 unspecified atom stereocenters. The summed E-state index contributed by atoms with van der Waals surface area (Å²) >= 11 is 0. The second-order valence-electron chi connectivity index (χ2n) is 9.67. The molecule has 1 fully saturated rings. The van der Waals surface area contributed by atoms with Crippen molar-refractivity contribution in [2.24, 2.45) is 0 Å². The molecule has 0 spiro atoms. The Balaban J connectivity index is 0.000000380. The second kappa shape index (κ2) is 28.0. The number of amides is 3. The predicted octanol–water partition coefficient (Wildman–Crippen LogP) is 15.0. The van der Waals surface area contributed by atoms with Gasteiger partial charge in [0.25, 0.3) is 0 Å². The van der Waals surface area contributed by atoms with Gasteiger partial charge in [-0.2, -0.15) is 13.2 Å². The summed E-state index contributed by atoms with van der Waals surface area (Å²) in [6.45, 7) is 4.48. The van der Waals surface area contributed by atoms with Crippen molar-refractivity contribution in [3.05, 3.63) is 42.2 Å². The van der Waals surface area contributed by atoms with Gasteiger partial charge in [-0.3, -0.25) is 15.1 Å². The van der Waals surface area contributed by atoms with Gasteiger partial charge in [0.15, 0.2) is 5.82 Å². The van der Waals surface area contributed by atoms with Gasteiger partial charge in [0.2, 0.25) is 5.91 Å². The van der Waals surface area contributed by atoms with Crippen LogP contribution in [-0.2, 0) is 11.0 Å². The van der Waals surface area contributed by atoms with E-state index < -0.39 is 11.7 Å². The van der Waals surface area contributed by atoms with Crippen LogP contribution >= 0.6 is 161 Å². The lowest BCUT2D eigenvalue weighted by molar-refractivity contribution is -0.137. The van der Waals surface area contributed by atoms with Crippen LogP contribution in [0.1, 0.15) is 25.3 Å². The van der Waals surface area contributed by atoms with Crippen LogP contribution in [0, 0.1) is 0 Å². The van der Waals surface area contributed by atoms with E-state index in [1.54, 1.807) is 16.8 Å². The van der Waals surface area contributed by atoms with Crippen LogP contribution in [0.4, 0.5) is 23.8 Å². The summed E-state index contributed by atoms with van der Waals surface area (Å²) in [5.41, 5.74) is -0.217. The third kappa shape index (κ3) is 17.2. The third-order valence-electron chi connectivity index (χ3n) is 6.76. The molecule has 0 bridgehead atoms. The molecule has 2 heterocycles. The van der Waals surface area contributed by atoms with Gasteiger partial charge in [0, 0.05) is 38.7 Å². The van der Waals surface area contributed by atoms with Crippen LogP contribution in [-0.4, -0.2) is 57.9 Å².